The van der Waals surface area contributed by atoms with Gasteiger partial charge in [-0.05, 0) is 84.0 Å². The van der Waals surface area contributed by atoms with Crippen molar-refractivity contribution in [2.24, 2.45) is 17.8 Å². The highest BCUT2D eigenvalue weighted by Crippen LogP contribution is 2.49. The molecule has 3 aromatic rings. The molecule has 0 N–H and O–H groups in total. The first-order valence-electron chi connectivity index (χ1n) is 10.7. The number of allylic oxidation sites excluding steroid dienone is 2. The Morgan fingerprint density at radius 2 is 2.06 bits per heavy atom. The first-order valence-corrected chi connectivity index (χ1v) is 10.7. The molecule has 0 aliphatic heterocycles. The van der Waals surface area contributed by atoms with Crippen LogP contribution in [0.3, 0.4) is 0 Å². The Kier molecular flexibility index (Phi) is 5.07. The lowest BCUT2D eigenvalue weighted by Gasteiger charge is -2.12. The zero-order chi connectivity index (χ0) is 21.4. The monoisotopic (exact) mass is 411 g/mol. The van der Waals surface area contributed by atoms with Crippen molar-refractivity contribution in [1.82, 2.24) is 9.97 Å². The second-order valence-corrected chi connectivity index (χ2v) is 8.76. The van der Waals surface area contributed by atoms with E-state index >= 15 is 0 Å². The Balaban J connectivity index is 1.24. The summed E-state index contributed by atoms with van der Waals surface area (Å²) in [7, 11) is 0. The van der Waals surface area contributed by atoms with Crippen LogP contribution in [0, 0.1) is 34.9 Å². The van der Waals surface area contributed by atoms with Gasteiger partial charge in [-0.1, -0.05) is 12.1 Å². The maximum absolute atomic E-state index is 13.8. The molecule has 0 spiro atoms. The largest absolute Gasteiger partial charge is 0.299 e. The third kappa shape index (κ3) is 3.98. The van der Waals surface area contributed by atoms with Crippen molar-refractivity contribution in [2.75, 3.05) is 0 Å². The van der Waals surface area contributed by atoms with Gasteiger partial charge in [-0.15, -0.1) is 0 Å². The maximum Gasteiger partial charge on any atom is 0.140 e. The van der Waals surface area contributed by atoms with Crippen molar-refractivity contribution in [1.29, 1.82) is 5.26 Å². The van der Waals surface area contributed by atoms with Crippen molar-refractivity contribution in [3.8, 4) is 6.07 Å². The van der Waals surface area contributed by atoms with Gasteiger partial charge < -0.3 is 0 Å². The van der Waals surface area contributed by atoms with E-state index in [0.717, 1.165) is 41.3 Å². The van der Waals surface area contributed by atoms with Crippen LogP contribution in [0.2, 0.25) is 0 Å². The number of ketones is 1. The van der Waals surface area contributed by atoms with Crippen LogP contribution in [0.1, 0.15) is 42.5 Å². The predicted octanol–water partition coefficient (Wildman–Crippen LogP) is 5.27. The van der Waals surface area contributed by atoms with Crippen molar-refractivity contribution in [3.63, 3.8) is 0 Å². The number of rotatable bonds is 5. The fourth-order valence-corrected chi connectivity index (χ4v) is 5.31. The predicted molar refractivity (Wildman–Crippen MR) is 116 cm³/mol. The Bertz CT molecular complexity index is 1230. The molecule has 31 heavy (non-hydrogen) atoms. The third-order valence-electron chi connectivity index (χ3n) is 6.65. The summed E-state index contributed by atoms with van der Waals surface area (Å²) in [4.78, 5) is 21.0. The van der Waals surface area contributed by atoms with E-state index in [0.29, 0.717) is 36.3 Å². The number of aromatic nitrogens is 2. The van der Waals surface area contributed by atoms with Gasteiger partial charge in [0.05, 0.1) is 5.52 Å². The minimum atomic E-state index is -0.239. The highest BCUT2D eigenvalue weighted by atomic mass is 19.1. The minimum absolute atomic E-state index is 0.233. The SMILES string of the molecule is N#Cc1ccc(CC(=O)C[C@@H]2C[C@@H]3CC(c4ccnc5ccc(F)cc45)=C[C@@H]3C2)cn1. The Labute approximate surface area is 180 Å². The van der Waals surface area contributed by atoms with Crippen LogP contribution in [0.15, 0.2) is 54.9 Å². The first-order chi connectivity index (χ1) is 15.1. The number of hydrogen-bond donors (Lipinski definition) is 0. The smallest absolute Gasteiger partial charge is 0.140 e. The maximum atomic E-state index is 13.8. The standard InChI is InChI=1S/C26H22FN3O/c27-21-2-4-26-25(13-21)24(5-6-29-26)20-11-18-7-17(8-19(18)12-20)10-23(31)9-16-1-3-22(14-28)30-15-16/h1-6,11,13,15,17-19H,7-10,12H2/t17-,18-,19+/m0/s1. The zero-order valence-corrected chi connectivity index (χ0v) is 17.1. The summed E-state index contributed by atoms with van der Waals surface area (Å²) >= 11 is 0. The lowest BCUT2D eigenvalue weighted by atomic mass is 9.93. The normalized spacial score (nSPS) is 22.2. The highest BCUT2D eigenvalue weighted by molar-refractivity contribution is 5.92. The van der Waals surface area contributed by atoms with Gasteiger partial charge in [0, 0.05) is 30.6 Å². The molecule has 4 nitrogen and oxygen atoms in total. The molecule has 2 aromatic heterocycles. The number of Topliss-reactive ketones (excluding diaryl/α,β-unsaturated/α-hetero) is 1. The molecule has 0 unspecified atom stereocenters. The van der Waals surface area contributed by atoms with E-state index in [1.807, 2.05) is 18.2 Å². The summed E-state index contributed by atoms with van der Waals surface area (Å²) in [6, 6.07) is 12.2. The molecule has 1 aromatic carbocycles. The van der Waals surface area contributed by atoms with Gasteiger partial charge in [0.2, 0.25) is 0 Å². The summed E-state index contributed by atoms with van der Waals surface area (Å²) in [5.74, 6) is 1.45. The summed E-state index contributed by atoms with van der Waals surface area (Å²) in [5.41, 5.74) is 4.41. The lowest BCUT2D eigenvalue weighted by Crippen LogP contribution is -2.09. The van der Waals surface area contributed by atoms with Crippen molar-refractivity contribution >= 4 is 22.3 Å². The summed E-state index contributed by atoms with van der Waals surface area (Å²) in [6.07, 6.45) is 9.80. The van der Waals surface area contributed by atoms with E-state index in [4.69, 9.17) is 5.26 Å². The number of benzene rings is 1. The molecule has 1 fully saturated rings. The van der Waals surface area contributed by atoms with E-state index in [2.05, 4.69) is 16.0 Å². The number of fused-ring (bicyclic) bond motifs is 2. The van der Waals surface area contributed by atoms with E-state index in [-0.39, 0.29) is 11.6 Å². The van der Waals surface area contributed by atoms with E-state index in [1.54, 1.807) is 30.6 Å². The van der Waals surface area contributed by atoms with Crippen LogP contribution < -0.4 is 0 Å². The number of hydrogen-bond acceptors (Lipinski definition) is 4. The van der Waals surface area contributed by atoms with E-state index in [1.165, 1.54) is 11.6 Å². The Morgan fingerprint density at radius 1 is 1.16 bits per heavy atom. The summed E-state index contributed by atoms with van der Waals surface area (Å²) in [5, 5.41) is 9.70. The minimum Gasteiger partial charge on any atom is -0.299 e. The van der Waals surface area contributed by atoms with Gasteiger partial charge in [-0.25, -0.2) is 9.37 Å². The first kappa shape index (κ1) is 19.6. The van der Waals surface area contributed by atoms with Gasteiger partial charge in [-0.3, -0.25) is 9.78 Å². The second kappa shape index (κ2) is 8.03. The van der Waals surface area contributed by atoms with Crippen LogP contribution in [-0.4, -0.2) is 15.8 Å². The number of carbonyl (C=O) groups excluding carboxylic acids is 1. The molecule has 0 saturated heterocycles. The van der Waals surface area contributed by atoms with Gasteiger partial charge in [-0.2, -0.15) is 5.26 Å². The van der Waals surface area contributed by atoms with Crippen LogP contribution >= 0.6 is 0 Å². The van der Waals surface area contributed by atoms with Crippen LogP contribution in [0.25, 0.3) is 16.5 Å². The third-order valence-corrected chi connectivity index (χ3v) is 6.65. The van der Waals surface area contributed by atoms with Crippen LogP contribution in [0.5, 0.6) is 0 Å². The number of nitrogens with zero attached hydrogens (tertiary/aromatic N) is 3. The van der Waals surface area contributed by atoms with Crippen LogP contribution in [0.4, 0.5) is 4.39 Å². The molecule has 0 bridgehead atoms. The number of nitriles is 1. The number of halogens is 1. The molecule has 2 aliphatic carbocycles. The number of pyridine rings is 2. The van der Waals surface area contributed by atoms with Crippen molar-refractivity contribution < 1.29 is 9.18 Å². The van der Waals surface area contributed by atoms with Crippen LogP contribution in [-0.2, 0) is 11.2 Å². The molecule has 154 valence electrons. The van der Waals surface area contributed by atoms with Crippen molar-refractivity contribution in [2.45, 2.75) is 32.1 Å². The molecule has 3 atom stereocenters. The average molecular weight is 411 g/mol. The fraction of sp³-hybridized carbons (Fsp3) is 0.308. The molecule has 2 heterocycles. The molecule has 0 amide bonds. The zero-order valence-electron chi connectivity index (χ0n) is 17.1. The topological polar surface area (TPSA) is 66.6 Å². The summed E-state index contributed by atoms with van der Waals surface area (Å²) in [6.45, 7) is 0. The quantitative estimate of drug-likeness (QED) is 0.573. The average Bonchev–Trinajstić information content (AvgIpc) is 3.32. The summed E-state index contributed by atoms with van der Waals surface area (Å²) < 4.78 is 13.8. The van der Waals surface area contributed by atoms with Gasteiger partial charge in [0.25, 0.3) is 0 Å². The highest BCUT2D eigenvalue weighted by Gasteiger charge is 2.38. The van der Waals surface area contributed by atoms with Gasteiger partial charge >= 0.3 is 0 Å². The Hall–Kier alpha value is -3.39. The molecular formula is C26H22FN3O. The second-order valence-electron chi connectivity index (χ2n) is 8.76. The fourth-order valence-electron chi connectivity index (χ4n) is 5.31. The van der Waals surface area contributed by atoms with Gasteiger partial charge in [0.1, 0.15) is 23.4 Å². The Morgan fingerprint density at radius 3 is 2.84 bits per heavy atom. The molecule has 5 heteroatoms. The van der Waals surface area contributed by atoms with E-state index < -0.39 is 0 Å². The molecule has 2 aliphatic rings. The van der Waals surface area contributed by atoms with Gasteiger partial charge in [0.15, 0.2) is 0 Å². The van der Waals surface area contributed by atoms with E-state index in [9.17, 15) is 9.18 Å². The van der Waals surface area contributed by atoms with Crippen molar-refractivity contribution in [3.05, 3.63) is 77.5 Å². The molecule has 0 radical (unpaired) electrons. The molecular weight excluding hydrogens is 389 g/mol. The number of carbonyl (C=O) groups is 1. The molecule has 1 saturated carbocycles. The lowest BCUT2D eigenvalue weighted by molar-refractivity contribution is -0.119. The molecule has 5 rings (SSSR count).